The largest absolute Gasteiger partial charge is 0.277 e. The Bertz CT molecular complexity index is 241. The third-order valence-corrected chi connectivity index (χ3v) is 0.872. The van der Waals surface area contributed by atoms with Crippen LogP contribution in [0.4, 0.5) is 0 Å². The number of hydrogen-bond acceptors (Lipinski definition) is 2. The molecule has 0 aliphatic rings. The van der Waals surface area contributed by atoms with Crippen molar-refractivity contribution in [1.82, 2.24) is 0 Å². The maximum absolute atomic E-state index is 8.46. The average Bonchev–Trinajstić information content (AvgIpc) is 1.97. The first-order chi connectivity index (χ1) is 5.20. The first-order valence-electron chi connectivity index (χ1n) is 2.93. The standard InChI is InChI=1S/C7H8ClN3/c1-6(8)3-7(4-9)11-5-10-2/h3,5H,1-2H3/b6-3+,10-5+,11-7+. The van der Waals surface area contributed by atoms with Gasteiger partial charge in [-0.25, -0.2) is 4.99 Å². The van der Waals surface area contributed by atoms with Crippen molar-refractivity contribution in [2.45, 2.75) is 6.92 Å². The summed E-state index contributed by atoms with van der Waals surface area (Å²) in [4.78, 5) is 7.30. The highest BCUT2D eigenvalue weighted by Crippen LogP contribution is 1.97. The molecule has 58 valence electrons. The smallest absolute Gasteiger partial charge is 0.143 e. The molecule has 0 radical (unpaired) electrons. The number of allylic oxidation sites excluding steroid dienone is 2. The van der Waals surface area contributed by atoms with Crippen LogP contribution in [0.25, 0.3) is 0 Å². The summed E-state index contributed by atoms with van der Waals surface area (Å²) in [6, 6.07) is 1.87. The molecule has 0 aromatic rings. The first-order valence-corrected chi connectivity index (χ1v) is 3.31. The molecular weight excluding hydrogens is 162 g/mol. The van der Waals surface area contributed by atoms with Crippen molar-refractivity contribution in [3.63, 3.8) is 0 Å². The number of nitriles is 1. The second-order valence-corrected chi connectivity index (χ2v) is 2.33. The summed E-state index contributed by atoms with van der Waals surface area (Å²) in [6.07, 6.45) is 2.78. The van der Waals surface area contributed by atoms with Gasteiger partial charge in [-0.3, -0.25) is 4.99 Å². The zero-order chi connectivity index (χ0) is 8.69. The highest BCUT2D eigenvalue weighted by Gasteiger charge is 1.89. The van der Waals surface area contributed by atoms with Crippen molar-refractivity contribution in [2.24, 2.45) is 9.98 Å². The highest BCUT2D eigenvalue weighted by atomic mass is 35.5. The fourth-order valence-corrected chi connectivity index (χ4v) is 0.510. The van der Waals surface area contributed by atoms with Crippen LogP contribution >= 0.6 is 11.6 Å². The van der Waals surface area contributed by atoms with Gasteiger partial charge in [0.05, 0.1) is 0 Å². The molecule has 0 unspecified atom stereocenters. The summed E-state index contributed by atoms with van der Waals surface area (Å²) >= 11 is 5.51. The van der Waals surface area contributed by atoms with E-state index in [1.165, 1.54) is 12.4 Å². The topological polar surface area (TPSA) is 48.5 Å². The van der Waals surface area contributed by atoms with E-state index < -0.39 is 0 Å². The van der Waals surface area contributed by atoms with Gasteiger partial charge in [-0.05, 0) is 13.0 Å². The molecule has 0 amide bonds. The van der Waals surface area contributed by atoms with Crippen molar-refractivity contribution in [3.8, 4) is 6.07 Å². The molecule has 0 aliphatic heterocycles. The Balaban J connectivity index is 4.45. The van der Waals surface area contributed by atoms with Crippen molar-refractivity contribution >= 4 is 23.7 Å². The predicted molar refractivity (Wildman–Crippen MR) is 47.1 cm³/mol. The van der Waals surface area contributed by atoms with Crippen LogP contribution < -0.4 is 0 Å². The minimum atomic E-state index is 0.253. The van der Waals surface area contributed by atoms with Crippen LogP contribution in [-0.4, -0.2) is 19.1 Å². The monoisotopic (exact) mass is 169 g/mol. The number of nitrogens with zero attached hydrogens (tertiary/aromatic N) is 3. The summed E-state index contributed by atoms with van der Waals surface area (Å²) in [6.45, 7) is 1.68. The molecule has 0 saturated heterocycles. The van der Waals surface area contributed by atoms with E-state index in [1.54, 1.807) is 14.0 Å². The Morgan fingerprint density at radius 2 is 2.27 bits per heavy atom. The molecule has 3 nitrogen and oxygen atoms in total. The van der Waals surface area contributed by atoms with Crippen molar-refractivity contribution < 1.29 is 0 Å². The Morgan fingerprint density at radius 3 is 2.64 bits per heavy atom. The molecular formula is C7H8ClN3. The van der Waals surface area contributed by atoms with E-state index in [0.29, 0.717) is 5.03 Å². The van der Waals surface area contributed by atoms with Crippen LogP contribution in [0.3, 0.4) is 0 Å². The van der Waals surface area contributed by atoms with E-state index in [9.17, 15) is 0 Å². The van der Waals surface area contributed by atoms with E-state index in [-0.39, 0.29) is 5.71 Å². The van der Waals surface area contributed by atoms with Gasteiger partial charge in [0.2, 0.25) is 0 Å². The molecule has 0 atom stereocenters. The van der Waals surface area contributed by atoms with Crippen LogP contribution in [-0.2, 0) is 0 Å². The van der Waals surface area contributed by atoms with Gasteiger partial charge in [-0.2, -0.15) is 5.26 Å². The molecule has 0 aromatic heterocycles. The fraction of sp³-hybridized carbons (Fsp3) is 0.286. The predicted octanol–water partition coefficient (Wildman–Crippen LogP) is 1.75. The van der Waals surface area contributed by atoms with Gasteiger partial charge in [0.25, 0.3) is 0 Å². The lowest BCUT2D eigenvalue weighted by Gasteiger charge is -1.84. The summed E-state index contributed by atoms with van der Waals surface area (Å²) in [7, 11) is 1.58. The van der Waals surface area contributed by atoms with Crippen LogP contribution in [0.15, 0.2) is 21.1 Å². The van der Waals surface area contributed by atoms with Gasteiger partial charge in [0, 0.05) is 12.1 Å². The zero-order valence-electron chi connectivity index (χ0n) is 6.37. The third kappa shape index (κ3) is 5.31. The molecule has 0 heterocycles. The maximum atomic E-state index is 8.46. The second-order valence-electron chi connectivity index (χ2n) is 1.73. The summed E-state index contributed by atoms with van der Waals surface area (Å²) in [5, 5.41) is 8.98. The van der Waals surface area contributed by atoms with E-state index in [1.807, 2.05) is 6.07 Å². The van der Waals surface area contributed by atoms with Gasteiger partial charge in [-0.1, -0.05) is 11.6 Å². The van der Waals surface area contributed by atoms with E-state index in [2.05, 4.69) is 9.98 Å². The van der Waals surface area contributed by atoms with Crippen molar-refractivity contribution in [2.75, 3.05) is 7.05 Å². The Hall–Kier alpha value is -1.14. The molecule has 0 saturated carbocycles. The molecule has 11 heavy (non-hydrogen) atoms. The molecule has 4 heteroatoms. The summed E-state index contributed by atoms with van der Waals surface area (Å²) in [5.74, 6) is 0. The summed E-state index contributed by atoms with van der Waals surface area (Å²) < 4.78 is 0. The third-order valence-electron chi connectivity index (χ3n) is 0.762. The van der Waals surface area contributed by atoms with Crippen LogP contribution in [0.5, 0.6) is 0 Å². The Morgan fingerprint density at radius 1 is 1.64 bits per heavy atom. The van der Waals surface area contributed by atoms with Crippen molar-refractivity contribution in [1.29, 1.82) is 5.26 Å². The van der Waals surface area contributed by atoms with E-state index in [0.717, 1.165) is 0 Å². The lowest BCUT2D eigenvalue weighted by molar-refractivity contribution is 1.44. The molecule has 0 spiro atoms. The summed E-state index contributed by atoms with van der Waals surface area (Å²) in [5.41, 5.74) is 0.253. The molecule has 0 aromatic carbocycles. The minimum absolute atomic E-state index is 0.253. The van der Waals surface area contributed by atoms with Gasteiger partial charge in [0.15, 0.2) is 0 Å². The lowest BCUT2D eigenvalue weighted by atomic mass is 10.4. The number of halogens is 1. The Kier molecular flexibility index (Phi) is 5.05. The van der Waals surface area contributed by atoms with Crippen LogP contribution in [0.1, 0.15) is 6.92 Å². The molecule has 0 fully saturated rings. The maximum Gasteiger partial charge on any atom is 0.143 e. The van der Waals surface area contributed by atoms with E-state index >= 15 is 0 Å². The zero-order valence-corrected chi connectivity index (χ0v) is 7.13. The quantitative estimate of drug-likeness (QED) is 0.459. The molecule has 0 N–H and O–H groups in total. The van der Waals surface area contributed by atoms with E-state index in [4.69, 9.17) is 16.9 Å². The average molecular weight is 170 g/mol. The lowest BCUT2D eigenvalue weighted by Crippen LogP contribution is -1.88. The number of aliphatic imine (C=N–C) groups is 2. The van der Waals surface area contributed by atoms with Gasteiger partial charge in [-0.15, -0.1) is 0 Å². The highest BCUT2D eigenvalue weighted by molar-refractivity contribution is 6.31. The van der Waals surface area contributed by atoms with Crippen LogP contribution in [0, 0.1) is 11.3 Å². The molecule has 0 rings (SSSR count). The van der Waals surface area contributed by atoms with Gasteiger partial charge in [0.1, 0.15) is 18.1 Å². The molecule has 0 aliphatic carbocycles. The number of hydrogen-bond donors (Lipinski definition) is 0. The number of rotatable bonds is 2. The molecule has 0 bridgehead atoms. The van der Waals surface area contributed by atoms with Gasteiger partial charge < -0.3 is 0 Å². The van der Waals surface area contributed by atoms with Crippen molar-refractivity contribution in [3.05, 3.63) is 11.1 Å². The van der Waals surface area contributed by atoms with Gasteiger partial charge >= 0.3 is 0 Å². The first kappa shape index (κ1) is 9.86. The Labute approximate surface area is 70.7 Å². The SMILES string of the molecule is C/N=C/N=C(C#N)\C=C(/C)Cl. The fourth-order valence-electron chi connectivity index (χ4n) is 0.407. The minimum Gasteiger partial charge on any atom is -0.277 e. The second kappa shape index (κ2) is 5.63. The van der Waals surface area contributed by atoms with Crippen LogP contribution in [0.2, 0.25) is 0 Å². The normalized spacial score (nSPS) is 13.6.